The van der Waals surface area contributed by atoms with Gasteiger partial charge in [0.2, 0.25) is 5.91 Å². The van der Waals surface area contributed by atoms with Gasteiger partial charge in [-0.3, -0.25) is 4.79 Å². The van der Waals surface area contributed by atoms with E-state index in [-0.39, 0.29) is 5.91 Å². The Morgan fingerprint density at radius 3 is 2.69 bits per heavy atom. The van der Waals surface area contributed by atoms with E-state index < -0.39 is 0 Å². The number of benzene rings is 1. The molecule has 0 N–H and O–H groups in total. The van der Waals surface area contributed by atoms with Crippen LogP contribution >= 0.6 is 11.8 Å². The third-order valence-corrected chi connectivity index (χ3v) is 6.56. The highest BCUT2D eigenvalue weighted by Gasteiger charge is 2.25. The Balaban J connectivity index is 1.60. The Labute approximate surface area is 175 Å². The summed E-state index contributed by atoms with van der Waals surface area (Å²) >= 11 is 1.48. The largest absolute Gasteiger partial charge is 0.339 e. The van der Waals surface area contributed by atoms with Crippen molar-refractivity contribution in [3.8, 4) is 5.82 Å². The molecule has 0 saturated carbocycles. The summed E-state index contributed by atoms with van der Waals surface area (Å²) < 4.78 is 1.84. The Hall–Kier alpha value is -2.41. The number of fused-ring (bicyclic) bond motifs is 1. The lowest BCUT2D eigenvalue weighted by Gasteiger charge is -2.35. The van der Waals surface area contributed by atoms with Crippen LogP contribution in [0.5, 0.6) is 0 Å². The van der Waals surface area contributed by atoms with Crippen molar-refractivity contribution in [3.63, 3.8) is 0 Å². The van der Waals surface area contributed by atoms with Crippen LogP contribution in [-0.4, -0.2) is 49.1 Å². The third-order valence-electron chi connectivity index (χ3n) is 5.60. The van der Waals surface area contributed by atoms with Crippen LogP contribution in [-0.2, 0) is 4.79 Å². The predicted molar refractivity (Wildman–Crippen MR) is 117 cm³/mol. The highest BCUT2D eigenvalue weighted by Crippen LogP contribution is 2.30. The fraction of sp³-hybridized carbons (Fsp3) is 0.455. The lowest BCUT2D eigenvalue weighted by Crippen LogP contribution is -2.44. The smallest absolute Gasteiger partial charge is 0.233 e. The number of carbonyl (C=O) groups excluding carboxylic acids is 1. The zero-order valence-corrected chi connectivity index (χ0v) is 18.1. The van der Waals surface area contributed by atoms with E-state index in [4.69, 9.17) is 0 Å². The minimum atomic E-state index is 0.204. The van der Waals surface area contributed by atoms with Crippen molar-refractivity contribution in [2.24, 2.45) is 0 Å². The van der Waals surface area contributed by atoms with Crippen LogP contribution in [0.4, 0.5) is 0 Å². The van der Waals surface area contributed by atoms with E-state index in [2.05, 4.69) is 27.1 Å². The number of amides is 1. The maximum absolute atomic E-state index is 12.9. The first kappa shape index (κ1) is 19.9. The molecule has 6 nitrogen and oxygen atoms in total. The molecule has 2 aromatic heterocycles. The summed E-state index contributed by atoms with van der Waals surface area (Å²) in [4.78, 5) is 14.9. The van der Waals surface area contributed by atoms with E-state index in [1.54, 1.807) is 0 Å². The molecule has 1 aliphatic rings. The van der Waals surface area contributed by atoms with Crippen LogP contribution in [0.1, 0.15) is 44.0 Å². The molecule has 7 heteroatoms. The van der Waals surface area contributed by atoms with Crippen LogP contribution in [0, 0.1) is 13.8 Å². The molecule has 1 amide bonds. The SMILES string of the molecule is CC[C@@H]1CCCCN1C(=O)CSc1nnc(-n2nc(C)cc2C)c2ccccc12. The molecule has 1 saturated heterocycles. The second-order valence-corrected chi connectivity index (χ2v) is 8.61. The van der Waals surface area contributed by atoms with Crippen molar-refractivity contribution in [1.29, 1.82) is 0 Å². The highest BCUT2D eigenvalue weighted by atomic mass is 32.2. The van der Waals surface area contributed by atoms with E-state index in [1.807, 2.05) is 48.9 Å². The van der Waals surface area contributed by atoms with Gasteiger partial charge in [0, 0.05) is 29.1 Å². The molecule has 3 aromatic rings. The summed E-state index contributed by atoms with van der Waals surface area (Å²) in [5.41, 5.74) is 1.97. The number of rotatable bonds is 5. The quantitative estimate of drug-likeness (QED) is 0.588. The maximum atomic E-state index is 12.9. The number of hydrogen-bond donors (Lipinski definition) is 0. The molecule has 29 heavy (non-hydrogen) atoms. The minimum absolute atomic E-state index is 0.204. The van der Waals surface area contributed by atoms with E-state index >= 15 is 0 Å². The van der Waals surface area contributed by atoms with Crippen molar-refractivity contribution in [2.45, 2.75) is 57.5 Å². The molecular weight excluding hydrogens is 382 g/mol. The number of nitrogens with zero attached hydrogens (tertiary/aromatic N) is 5. The van der Waals surface area contributed by atoms with Gasteiger partial charge in [-0.2, -0.15) is 5.10 Å². The van der Waals surface area contributed by atoms with Gasteiger partial charge in [-0.25, -0.2) is 4.68 Å². The van der Waals surface area contributed by atoms with E-state index in [0.717, 1.165) is 58.8 Å². The Morgan fingerprint density at radius 2 is 1.97 bits per heavy atom. The molecular formula is C22H27N5OS. The van der Waals surface area contributed by atoms with Gasteiger partial charge in [0.15, 0.2) is 5.82 Å². The predicted octanol–water partition coefficient (Wildman–Crippen LogP) is 4.32. The van der Waals surface area contributed by atoms with Gasteiger partial charge in [-0.1, -0.05) is 43.0 Å². The summed E-state index contributed by atoms with van der Waals surface area (Å²) in [6.45, 7) is 7.03. The molecule has 1 aliphatic heterocycles. The van der Waals surface area contributed by atoms with Crippen LogP contribution in [0.15, 0.2) is 35.4 Å². The number of hydrogen-bond acceptors (Lipinski definition) is 5. The van der Waals surface area contributed by atoms with Gasteiger partial charge in [0.25, 0.3) is 0 Å². The average molecular weight is 410 g/mol. The summed E-state index contributed by atoms with van der Waals surface area (Å²) in [6, 6.07) is 10.5. The molecule has 4 rings (SSSR count). The van der Waals surface area contributed by atoms with Gasteiger partial charge >= 0.3 is 0 Å². The van der Waals surface area contributed by atoms with Gasteiger partial charge in [-0.05, 0) is 45.6 Å². The Morgan fingerprint density at radius 1 is 1.17 bits per heavy atom. The lowest BCUT2D eigenvalue weighted by atomic mass is 10.0. The van der Waals surface area contributed by atoms with E-state index in [1.165, 1.54) is 18.2 Å². The molecule has 0 bridgehead atoms. The monoisotopic (exact) mass is 409 g/mol. The maximum Gasteiger partial charge on any atom is 0.233 e. The van der Waals surface area contributed by atoms with E-state index in [0.29, 0.717) is 11.8 Å². The summed E-state index contributed by atoms with van der Waals surface area (Å²) in [5.74, 6) is 1.33. The molecule has 0 spiro atoms. The van der Waals surface area contributed by atoms with Crippen LogP contribution in [0.25, 0.3) is 16.6 Å². The number of piperidine rings is 1. The van der Waals surface area contributed by atoms with Gasteiger partial charge in [0.1, 0.15) is 5.03 Å². The van der Waals surface area contributed by atoms with Crippen molar-refractivity contribution in [3.05, 3.63) is 41.7 Å². The van der Waals surface area contributed by atoms with E-state index in [9.17, 15) is 4.79 Å². The summed E-state index contributed by atoms with van der Waals surface area (Å²) in [5, 5.41) is 16.3. The third kappa shape index (κ3) is 4.01. The number of likely N-dealkylation sites (tertiary alicyclic amines) is 1. The van der Waals surface area contributed by atoms with Crippen LogP contribution in [0.2, 0.25) is 0 Å². The zero-order chi connectivity index (χ0) is 20.4. The number of carbonyl (C=O) groups is 1. The van der Waals surface area contributed by atoms with Crippen molar-refractivity contribution >= 4 is 28.4 Å². The first-order chi connectivity index (χ1) is 14.1. The fourth-order valence-electron chi connectivity index (χ4n) is 4.14. The number of thioether (sulfide) groups is 1. The molecule has 1 aromatic carbocycles. The van der Waals surface area contributed by atoms with Crippen molar-refractivity contribution in [2.75, 3.05) is 12.3 Å². The van der Waals surface area contributed by atoms with Gasteiger partial charge in [0.05, 0.1) is 11.4 Å². The van der Waals surface area contributed by atoms with Crippen molar-refractivity contribution in [1.82, 2.24) is 24.9 Å². The lowest BCUT2D eigenvalue weighted by molar-refractivity contribution is -0.132. The molecule has 0 radical (unpaired) electrons. The highest BCUT2D eigenvalue weighted by molar-refractivity contribution is 8.00. The minimum Gasteiger partial charge on any atom is -0.339 e. The zero-order valence-electron chi connectivity index (χ0n) is 17.3. The normalized spacial score (nSPS) is 17.1. The second-order valence-electron chi connectivity index (χ2n) is 7.65. The van der Waals surface area contributed by atoms with Crippen molar-refractivity contribution < 1.29 is 4.79 Å². The topological polar surface area (TPSA) is 63.9 Å². The van der Waals surface area contributed by atoms with Crippen LogP contribution < -0.4 is 0 Å². The molecule has 1 fully saturated rings. The second kappa shape index (κ2) is 8.53. The first-order valence-corrected chi connectivity index (χ1v) is 11.3. The molecule has 3 heterocycles. The Kier molecular flexibility index (Phi) is 5.85. The molecule has 1 atom stereocenters. The summed E-state index contributed by atoms with van der Waals surface area (Å²) in [7, 11) is 0. The molecule has 0 aliphatic carbocycles. The van der Waals surface area contributed by atoms with Gasteiger partial charge < -0.3 is 4.90 Å². The first-order valence-electron chi connectivity index (χ1n) is 10.3. The number of aryl methyl sites for hydroxylation is 2. The summed E-state index contributed by atoms with van der Waals surface area (Å²) in [6.07, 6.45) is 4.47. The molecule has 152 valence electrons. The van der Waals surface area contributed by atoms with Crippen LogP contribution in [0.3, 0.4) is 0 Å². The number of aromatic nitrogens is 4. The van der Waals surface area contributed by atoms with Gasteiger partial charge in [-0.15, -0.1) is 10.2 Å². The Bertz CT molecular complexity index is 1030. The molecule has 0 unspecified atom stereocenters. The average Bonchev–Trinajstić information content (AvgIpc) is 3.09. The fourth-order valence-corrected chi connectivity index (χ4v) is 5.00. The standard InChI is InChI=1S/C22H27N5OS/c1-4-17-9-7-8-12-26(17)20(28)14-29-22-19-11-6-5-10-18(19)21(23-24-22)27-16(3)13-15(2)25-27/h5-6,10-11,13,17H,4,7-9,12,14H2,1-3H3/t17-/m1/s1.